The van der Waals surface area contributed by atoms with Crippen molar-refractivity contribution < 1.29 is 9.13 Å². The Balaban J connectivity index is 2.03. The summed E-state index contributed by atoms with van der Waals surface area (Å²) in [6.07, 6.45) is -0.00445. The number of rotatable bonds is 3. The number of nitrogens with two attached hydrogens (primary N) is 1. The second kappa shape index (κ2) is 6.11. The van der Waals surface area contributed by atoms with Crippen molar-refractivity contribution in [2.24, 2.45) is 5.73 Å². The molecule has 0 bridgehead atoms. The molecule has 102 valence electrons. The number of nitriles is 1. The maximum Gasteiger partial charge on any atom is 0.129 e. The van der Waals surface area contributed by atoms with E-state index < -0.39 is 0 Å². The van der Waals surface area contributed by atoms with Gasteiger partial charge in [0.25, 0.3) is 0 Å². The molecule has 1 aromatic rings. The Bertz CT molecular complexity index is 484. The maximum atomic E-state index is 13.8. The molecule has 2 unspecified atom stereocenters. The van der Waals surface area contributed by atoms with Crippen LogP contribution < -0.4 is 5.73 Å². The maximum absolute atomic E-state index is 13.8. The Morgan fingerprint density at radius 1 is 1.63 bits per heavy atom. The normalized spacial score (nSPS) is 21.9. The average molecular weight is 263 g/mol. The molecule has 1 saturated heterocycles. The summed E-state index contributed by atoms with van der Waals surface area (Å²) in [5.74, 6) is -0.331. The predicted octanol–water partition coefficient (Wildman–Crippen LogP) is 1.25. The van der Waals surface area contributed by atoms with Gasteiger partial charge in [-0.1, -0.05) is 6.07 Å². The molecule has 2 rings (SSSR count). The molecule has 0 aliphatic carbocycles. The highest BCUT2D eigenvalue weighted by molar-refractivity contribution is 5.32. The molecular weight excluding hydrogens is 245 g/mol. The highest BCUT2D eigenvalue weighted by Gasteiger charge is 2.23. The highest BCUT2D eigenvalue weighted by Crippen LogP contribution is 2.15. The van der Waals surface area contributed by atoms with Crippen LogP contribution in [-0.4, -0.2) is 36.7 Å². The molecule has 0 spiro atoms. The fraction of sp³-hybridized carbons (Fsp3) is 0.500. The van der Waals surface area contributed by atoms with Crippen molar-refractivity contribution in [3.05, 3.63) is 35.1 Å². The molecule has 1 heterocycles. The van der Waals surface area contributed by atoms with Gasteiger partial charge in [0.1, 0.15) is 5.82 Å². The van der Waals surface area contributed by atoms with Gasteiger partial charge in [-0.3, -0.25) is 4.90 Å². The topological polar surface area (TPSA) is 62.3 Å². The van der Waals surface area contributed by atoms with E-state index >= 15 is 0 Å². The van der Waals surface area contributed by atoms with Gasteiger partial charge in [0.2, 0.25) is 0 Å². The zero-order valence-electron chi connectivity index (χ0n) is 11.0. The van der Waals surface area contributed by atoms with Crippen LogP contribution in [0.3, 0.4) is 0 Å². The van der Waals surface area contributed by atoms with Crippen molar-refractivity contribution in [2.45, 2.75) is 25.6 Å². The number of halogens is 1. The molecule has 0 saturated carbocycles. The van der Waals surface area contributed by atoms with E-state index in [1.54, 1.807) is 12.1 Å². The summed E-state index contributed by atoms with van der Waals surface area (Å²) >= 11 is 0. The summed E-state index contributed by atoms with van der Waals surface area (Å²) in [5.41, 5.74) is 6.77. The fourth-order valence-corrected chi connectivity index (χ4v) is 2.18. The molecule has 4 nitrogen and oxygen atoms in total. The van der Waals surface area contributed by atoms with E-state index in [1.807, 2.05) is 13.0 Å². The third kappa shape index (κ3) is 3.51. The summed E-state index contributed by atoms with van der Waals surface area (Å²) in [5, 5.41) is 8.71. The number of nitrogens with zero attached hydrogens (tertiary/aromatic N) is 2. The van der Waals surface area contributed by atoms with Crippen molar-refractivity contribution in [3.8, 4) is 6.07 Å². The Kier molecular flexibility index (Phi) is 4.48. The second-order valence-electron chi connectivity index (χ2n) is 4.92. The van der Waals surface area contributed by atoms with Gasteiger partial charge in [-0.25, -0.2) is 4.39 Å². The summed E-state index contributed by atoms with van der Waals surface area (Å²) in [6, 6.07) is 6.49. The highest BCUT2D eigenvalue weighted by atomic mass is 19.1. The minimum atomic E-state index is -0.331. The van der Waals surface area contributed by atoms with E-state index in [-0.39, 0.29) is 18.0 Å². The van der Waals surface area contributed by atoms with Crippen molar-refractivity contribution in [2.75, 3.05) is 19.7 Å². The van der Waals surface area contributed by atoms with E-state index in [1.165, 1.54) is 6.07 Å². The van der Waals surface area contributed by atoms with E-state index in [0.29, 0.717) is 30.8 Å². The van der Waals surface area contributed by atoms with Gasteiger partial charge < -0.3 is 10.5 Å². The molecule has 19 heavy (non-hydrogen) atoms. The quantitative estimate of drug-likeness (QED) is 0.891. The largest absolute Gasteiger partial charge is 0.374 e. The summed E-state index contributed by atoms with van der Waals surface area (Å²) < 4.78 is 19.4. The van der Waals surface area contributed by atoms with Crippen LogP contribution >= 0.6 is 0 Å². The van der Waals surface area contributed by atoms with Crippen molar-refractivity contribution in [1.29, 1.82) is 5.26 Å². The first kappa shape index (κ1) is 13.9. The van der Waals surface area contributed by atoms with Gasteiger partial charge in [-0.2, -0.15) is 5.26 Å². The molecular formula is C14H18FN3O. The van der Waals surface area contributed by atoms with Gasteiger partial charge in [0, 0.05) is 31.2 Å². The molecule has 0 radical (unpaired) electrons. The minimum absolute atomic E-state index is 0.00445. The number of benzene rings is 1. The minimum Gasteiger partial charge on any atom is -0.374 e. The summed E-state index contributed by atoms with van der Waals surface area (Å²) in [7, 11) is 0. The SMILES string of the molecule is CC(N)C1CN(Cc2ccc(C#N)cc2F)CCO1. The van der Waals surface area contributed by atoms with Crippen LogP contribution in [0.25, 0.3) is 0 Å². The van der Waals surface area contributed by atoms with Gasteiger partial charge in [-0.15, -0.1) is 0 Å². The van der Waals surface area contributed by atoms with Crippen LogP contribution in [0, 0.1) is 17.1 Å². The third-order valence-corrected chi connectivity index (χ3v) is 3.34. The number of ether oxygens (including phenoxy) is 1. The van der Waals surface area contributed by atoms with E-state index in [2.05, 4.69) is 4.90 Å². The zero-order valence-corrected chi connectivity index (χ0v) is 11.0. The second-order valence-corrected chi connectivity index (χ2v) is 4.92. The Morgan fingerprint density at radius 2 is 2.42 bits per heavy atom. The van der Waals surface area contributed by atoms with Gasteiger partial charge in [0.15, 0.2) is 0 Å². The zero-order chi connectivity index (χ0) is 13.8. The van der Waals surface area contributed by atoms with Crippen LogP contribution in [0.15, 0.2) is 18.2 Å². The number of morpholine rings is 1. The van der Waals surface area contributed by atoms with Crippen molar-refractivity contribution in [1.82, 2.24) is 4.90 Å². The predicted molar refractivity (Wildman–Crippen MR) is 69.8 cm³/mol. The molecule has 0 amide bonds. The van der Waals surface area contributed by atoms with E-state index in [0.717, 1.165) is 6.54 Å². The smallest absolute Gasteiger partial charge is 0.129 e. The third-order valence-electron chi connectivity index (χ3n) is 3.34. The molecule has 1 aliphatic heterocycles. The lowest BCUT2D eigenvalue weighted by Crippen LogP contribution is -2.49. The molecule has 5 heteroatoms. The molecule has 1 aliphatic rings. The molecule has 0 aromatic heterocycles. The van der Waals surface area contributed by atoms with Crippen LogP contribution in [-0.2, 0) is 11.3 Å². The lowest BCUT2D eigenvalue weighted by Gasteiger charge is -2.34. The molecule has 2 N–H and O–H groups in total. The first-order chi connectivity index (χ1) is 9.10. The standard InChI is InChI=1S/C14H18FN3O/c1-10(17)14-9-18(4-5-19-14)8-12-3-2-11(7-16)6-13(12)15/h2-3,6,10,14H,4-5,8-9,17H2,1H3. The van der Waals surface area contributed by atoms with Crippen LogP contribution in [0.5, 0.6) is 0 Å². The number of hydrogen-bond donors (Lipinski definition) is 1. The Hall–Kier alpha value is -1.48. The monoisotopic (exact) mass is 263 g/mol. The molecule has 1 fully saturated rings. The van der Waals surface area contributed by atoms with Crippen molar-refractivity contribution in [3.63, 3.8) is 0 Å². The lowest BCUT2D eigenvalue weighted by molar-refractivity contribution is -0.0406. The van der Waals surface area contributed by atoms with Crippen LogP contribution in [0.1, 0.15) is 18.1 Å². The summed E-state index contributed by atoms with van der Waals surface area (Å²) in [6.45, 7) is 4.52. The van der Waals surface area contributed by atoms with Gasteiger partial charge in [-0.05, 0) is 19.1 Å². The average Bonchev–Trinajstić information content (AvgIpc) is 2.41. The summed E-state index contributed by atoms with van der Waals surface area (Å²) in [4.78, 5) is 2.13. The molecule has 1 aromatic carbocycles. The van der Waals surface area contributed by atoms with E-state index in [4.69, 9.17) is 15.7 Å². The van der Waals surface area contributed by atoms with Crippen LogP contribution in [0.2, 0.25) is 0 Å². The van der Waals surface area contributed by atoms with Crippen LogP contribution in [0.4, 0.5) is 4.39 Å². The Morgan fingerprint density at radius 3 is 3.05 bits per heavy atom. The molecule has 2 atom stereocenters. The Labute approximate surface area is 112 Å². The van der Waals surface area contributed by atoms with Gasteiger partial charge in [0.05, 0.1) is 24.3 Å². The number of hydrogen-bond acceptors (Lipinski definition) is 4. The fourth-order valence-electron chi connectivity index (χ4n) is 2.18. The first-order valence-electron chi connectivity index (χ1n) is 6.38. The van der Waals surface area contributed by atoms with Crippen molar-refractivity contribution >= 4 is 0 Å². The van der Waals surface area contributed by atoms with Gasteiger partial charge >= 0.3 is 0 Å². The first-order valence-corrected chi connectivity index (χ1v) is 6.38. The lowest BCUT2D eigenvalue weighted by atomic mass is 10.1. The van der Waals surface area contributed by atoms with E-state index in [9.17, 15) is 4.39 Å².